The van der Waals surface area contributed by atoms with Crippen LogP contribution in [0.5, 0.6) is 0 Å². The van der Waals surface area contributed by atoms with E-state index in [1.807, 2.05) is 31.2 Å². The maximum Gasteiger partial charge on any atom is 0.322 e. The molecule has 1 unspecified atom stereocenters. The lowest BCUT2D eigenvalue weighted by molar-refractivity contribution is 0.0926. The third-order valence-electron chi connectivity index (χ3n) is 4.96. The normalized spacial score (nSPS) is 11.9. The summed E-state index contributed by atoms with van der Waals surface area (Å²) in [6, 6.07) is 7.59. The number of rotatable bonds is 10. The van der Waals surface area contributed by atoms with Crippen LogP contribution in [0.4, 0.5) is 10.5 Å². The molecule has 0 saturated heterocycles. The van der Waals surface area contributed by atoms with Gasteiger partial charge < -0.3 is 20.3 Å². The van der Waals surface area contributed by atoms with Gasteiger partial charge in [-0.2, -0.15) is 0 Å². The van der Waals surface area contributed by atoms with Crippen molar-refractivity contribution in [1.29, 1.82) is 0 Å². The summed E-state index contributed by atoms with van der Waals surface area (Å²) in [5.74, 6) is 0.148. The Balaban J connectivity index is 2.08. The number of nitrogens with zero attached hydrogens (tertiary/aromatic N) is 2. The number of methoxy groups -OCH3 is 1. The largest absolute Gasteiger partial charge is 0.383 e. The zero-order valence-corrected chi connectivity index (χ0v) is 19.2. The van der Waals surface area contributed by atoms with Gasteiger partial charge in [0.25, 0.3) is 5.91 Å². The third kappa shape index (κ3) is 6.81. The second kappa shape index (κ2) is 11.7. The van der Waals surface area contributed by atoms with E-state index in [1.54, 1.807) is 17.4 Å². The number of ether oxygens (including phenoxy) is 1. The van der Waals surface area contributed by atoms with Crippen molar-refractivity contribution < 1.29 is 14.3 Å². The fourth-order valence-corrected chi connectivity index (χ4v) is 3.49. The number of hydrogen-bond acceptors (Lipinski definition) is 5. The number of carbonyl (C=O) groups excluding carboxylic acids is 2. The van der Waals surface area contributed by atoms with E-state index in [-0.39, 0.29) is 18.0 Å². The number of urea groups is 1. The maximum atomic E-state index is 12.9. The van der Waals surface area contributed by atoms with Crippen molar-refractivity contribution in [2.45, 2.75) is 46.7 Å². The van der Waals surface area contributed by atoms with Gasteiger partial charge in [0, 0.05) is 30.8 Å². The highest BCUT2D eigenvalue weighted by Crippen LogP contribution is 2.18. The molecular formula is C22H32N4O3S. The first-order valence-corrected chi connectivity index (χ1v) is 11.1. The van der Waals surface area contributed by atoms with Crippen molar-refractivity contribution in [2.24, 2.45) is 5.92 Å². The van der Waals surface area contributed by atoms with Gasteiger partial charge in [0.05, 0.1) is 13.2 Å². The number of thiazole rings is 1. The summed E-state index contributed by atoms with van der Waals surface area (Å²) in [5, 5.41) is 8.38. The lowest BCUT2D eigenvalue weighted by atomic mass is 10.1. The fourth-order valence-electron chi connectivity index (χ4n) is 2.70. The number of aromatic nitrogens is 1. The van der Waals surface area contributed by atoms with E-state index in [0.29, 0.717) is 36.3 Å². The quantitative estimate of drug-likeness (QED) is 0.590. The van der Waals surface area contributed by atoms with Crippen molar-refractivity contribution in [3.63, 3.8) is 0 Å². The SMILES string of the molecule is CCc1ccccc1NC(=O)N(CCOC)Cc1nc(C(=O)NC(C)C(C)C)cs1. The molecule has 0 aliphatic heterocycles. The van der Waals surface area contributed by atoms with Gasteiger partial charge in [-0.05, 0) is 30.9 Å². The van der Waals surface area contributed by atoms with Gasteiger partial charge >= 0.3 is 6.03 Å². The number of hydrogen-bond donors (Lipinski definition) is 2. The highest BCUT2D eigenvalue weighted by Gasteiger charge is 2.19. The van der Waals surface area contributed by atoms with Crippen LogP contribution >= 0.6 is 11.3 Å². The molecule has 0 spiro atoms. The second-order valence-corrected chi connectivity index (χ2v) is 8.43. The molecule has 3 amide bonds. The Morgan fingerprint density at radius 2 is 1.97 bits per heavy atom. The Labute approximate surface area is 182 Å². The number of aryl methyl sites for hydroxylation is 1. The van der Waals surface area contributed by atoms with Crippen LogP contribution < -0.4 is 10.6 Å². The van der Waals surface area contributed by atoms with Crippen LogP contribution in [0, 0.1) is 5.92 Å². The summed E-state index contributed by atoms with van der Waals surface area (Å²) < 4.78 is 5.16. The van der Waals surface area contributed by atoms with Crippen LogP contribution in [-0.2, 0) is 17.7 Å². The molecule has 2 N–H and O–H groups in total. The first-order chi connectivity index (χ1) is 14.3. The average molecular weight is 433 g/mol. The van der Waals surface area contributed by atoms with Gasteiger partial charge in [-0.25, -0.2) is 9.78 Å². The first kappa shape index (κ1) is 23.8. The average Bonchev–Trinajstić information content (AvgIpc) is 3.20. The molecule has 0 saturated carbocycles. The molecule has 0 radical (unpaired) electrons. The predicted molar refractivity (Wildman–Crippen MR) is 121 cm³/mol. The standard InChI is InChI=1S/C22H32N4O3S/c1-6-17-9-7-8-10-18(17)25-22(28)26(11-12-29-5)13-20-24-19(14-30-20)21(27)23-16(4)15(2)3/h7-10,14-16H,6,11-13H2,1-5H3,(H,23,27)(H,25,28). The maximum absolute atomic E-state index is 12.9. The van der Waals surface area contributed by atoms with Crippen LogP contribution in [0.2, 0.25) is 0 Å². The first-order valence-electron chi connectivity index (χ1n) is 10.2. The lowest BCUT2D eigenvalue weighted by Crippen LogP contribution is -2.37. The molecule has 2 aromatic rings. The number of benzene rings is 1. The molecule has 0 bridgehead atoms. The third-order valence-corrected chi connectivity index (χ3v) is 5.80. The topological polar surface area (TPSA) is 83.6 Å². The van der Waals surface area contributed by atoms with E-state index in [4.69, 9.17) is 4.74 Å². The molecule has 1 aromatic heterocycles. The lowest BCUT2D eigenvalue weighted by Gasteiger charge is -2.22. The van der Waals surface area contributed by atoms with Gasteiger partial charge in [0.2, 0.25) is 0 Å². The van der Waals surface area contributed by atoms with Crippen LogP contribution in [0.1, 0.15) is 48.8 Å². The number of anilines is 1. The van der Waals surface area contributed by atoms with Crippen LogP contribution in [0.15, 0.2) is 29.6 Å². The van der Waals surface area contributed by atoms with Crippen molar-refractivity contribution in [1.82, 2.24) is 15.2 Å². The van der Waals surface area contributed by atoms with Gasteiger partial charge in [0.15, 0.2) is 0 Å². The summed E-state index contributed by atoms with van der Waals surface area (Å²) in [5.41, 5.74) is 2.25. The van der Waals surface area contributed by atoms with E-state index in [2.05, 4.69) is 36.4 Å². The van der Waals surface area contributed by atoms with Crippen LogP contribution in [0.25, 0.3) is 0 Å². The minimum atomic E-state index is -0.220. The molecule has 1 aromatic carbocycles. The van der Waals surface area contributed by atoms with Gasteiger partial charge in [-0.3, -0.25) is 4.79 Å². The minimum Gasteiger partial charge on any atom is -0.383 e. The molecule has 1 atom stereocenters. The molecule has 0 aliphatic carbocycles. The molecular weight excluding hydrogens is 400 g/mol. The number of para-hydroxylation sites is 1. The Morgan fingerprint density at radius 3 is 2.63 bits per heavy atom. The van der Waals surface area contributed by atoms with E-state index in [1.165, 1.54) is 11.3 Å². The van der Waals surface area contributed by atoms with Gasteiger partial charge in [0.1, 0.15) is 10.7 Å². The summed E-state index contributed by atoms with van der Waals surface area (Å²) in [6.07, 6.45) is 0.828. The molecule has 0 aliphatic rings. The minimum absolute atomic E-state index is 0.0604. The van der Waals surface area contributed by atoms with Crippen LogP contribution in [0.3, 0.4) is 0 Å². The van der Waals surface area contributed by atoms with E-state index >= 15 is 0 Å². The molecule has 0 fully saturated rings. The van der Waals surface area contributed by atoms with Crippen molar-refractivity contribution in [2.75, 3.05) is 25.6 Å². The van der Waals surface area contributed by atoms with Gasteiger partial charge in [-0.15, -0.1) is 11.3 Å². The van der Waals surface area contributed by atoms with Crippen LogP contribution in [-0.4, -0.2) is 48.1 Å². The molecule has 164 valence electrons. The highest BCUT2D eigenvalue weighted by molar-refractivity contribution is 7.09. The number of carbonyl (C=O) groups is 2. The monoisotopic (exact) mass is 432 g/mol. The van der Waals surface area contributed by atoms with Crippen molar-refractivity contribution >= 4 is 29.0 Å². The highest BCUT2D eigenvalue weighted by atomic mass is 32.1. The zero-order valence-electron chi connectivity index (χ0n) is 18.4. The van der Waals surface area contributed by atoms with Crippen molar-refractivity contribution in [3.8, 4) is 0 Å². The van der Waals surface area contributed by atoms with Crippen molar-refractivity contribution in [3.05, 3.63) is 45.9 Å². The molecule has 1 heterocycles. The van der Waals surface area contributed by atoms with E-state index in [0.717, 1.165) is 17.7 Å². The van der Waals surface area contributed by atoms with E-state index in [9.17, 15) is 9.59 Å². The Bertz CT molecular complexity index is 837. The van der Waals surface area contributed by atoms with Gasteiger partial charge in [-0.1, -0.05) is 39.0 Å². The summed E-state index contributed by atoms with van der Waals surface area (Å²) >= 11 is 1.37. The second-order valence-electron chi connectivity index (χ2n) is 7.49. The predicted octanol–water partition coefficient (Wildman–Crippen LogP) is 4.16. The number of amides is 3. The molecule has 2 rings (SSSR count). The smallest absolute Gasteiger partial charge is 0.322 e. The molecule has 30 heavy (non-hydrogen) atoms. The summed E-state index contributed by atoms with van der Waals surface area (Å²) in [4.78, 5) is 31.4. The molecule has 8 heteroatoms. The Hall–Kier alpha value is -2.45. The zero-order chi connectivity index (χ0) is 22.1. The summed E-state index contributed by atoms with van der Waals surface area (Å²) in [7, 11) is 1.60. The molecule has 7 nitrogen and oxygen atoms in total. The fraction of sp³-hybridized carbons (Fsp3) is 0.500. The number of nitrogens with one attached hydrogen (secondary N) is 2. The summed E-state index contributed by atoms with van der Waals surface area (Å²) in [6.45, 7) is 9.27. The Kier molecular flexibility index (Phi) is 9.26. The Morgan fingerprint density at radius 1 is 1.23 bits per heavy atom. The van der Waals surface area contributed by atoms with E-state index < -0.39 is 0 Å².